The van der Waals surface area contributed by atoms with Crippen molar-refractivity contribution < 1.29 is 28.6 Å². The molecule has 0 spiro atoms. The third-order valence-electron chi connectivity index (χ3n) is 12.3. The zero-order valence-corrected chi connectivity index (χ0v) is 40.5. The SMILES string of the molecule is CCC(C)CCCCCCCCCCC(=O)OC[C@H](COC(=O)CCCCCCCCCCCCCCC(C)C)OC(=O)CCCCCCCCCCCCCC(C)C. The Morgan fingerprint density at radius 2 is 0.593 bits per heavy atom. The van der Waals surface area contributed by atoms with Crippen LogP contribution in [0.25, 0.3) is 0 Å². The van der Waals surface area contributed by atoms with Crippen molar-refractivity contribution in [1.29, 1.82) is 0 Å². The van der Waals surface area contributed by atoms with Crippen LogP contribution in [0.1, 0.15) is 286 Å². The largest absolute Gasteiger partial charge is 0.462 e. The maximum absolute atomic E-state index is 12.8. The van der Waals surface area contributed by atoms with Crippen molar-refractivity contribution in [3.05, 3.63) is 0 Å². The average molecular weight is 835 g/mol. The van der Waals surface area contributed by atoms with Gasteiger partial charge in [-0.2, -0.15) is 0 Å². The second-order valence-electron chi connectivity index (χ2n) is 19.4. The van der Waals surface area contributed by atoms with E-state index in [4.69, 9.17) is 14.2 Å². The van der Waals surface area contributed by atoms with Gasteiger partial charge in [0.2, 0.25) is 0 Å². The van der Waals surface area contributed by atoms with Gasteiger partial charge in [0.1, 0.15) is 13.2 Å². The lowest BCUT2D eigenvalue weighted by atomic mass is 9.99. The molecule has 0 aromatic rings. The number of unbranched alkanes of at least 4 members (excludes halogenated alkanes) is 28. The van der Waals surface area contributed by atoms with E-state index in [0.29, 0.717) is 19.3 Å². The van der Waals surface area contributed by atoms with Crippen LogP contribution < -0.4 is 0 Å². The first-order chi connectivity index (χ1) is 28.6. The molecule has 0 radical (unpaired) electrons. The molecule has 0 N–H and O–H groups in total. The van der Waals surface area contributed by atoms with Crippen LogP contribution in [-0.4, -0.2) is 37.2 Å². The molecule has 0 saturated heterocycles. The highest BCUT2D eigenvalue weighted by molar-refractivity contribution is 5.71. The molecule has 2 atom stereocenters. The fraction of sp³-hybridized carbons (Fsp3) is 0.943. The number of rotatable bonds is 46. The fourth-order valence-electron chi connectivity index (χ4n) is 7.91. The van der Waals surface area contributed by atoms with Gasteiger partial charge < -0.3 is 14.2 Å². The number of hydrogen-bond donors (Lipinski definition) is 0. The molecule has 0 aliphatic carbocycles. The average Bonchev–Trinajstić information content (AvgIpc) is 3.20. The van der Waals surface area contributed by atoms with Gasteiger partial charge in [-0.1, -0.05) is 247 Å². The molecule has 59 heavy (non-hydrogen) atoms. The van der Waals surface area contributed by atoms with Crippen molar-refractivity contribution in [2.24, 2.45) is 17.8 Å². The minimum absolute atomic E-state index is 0.0648. The molecule has 0 amide bonds. The molecular formula is C53H102O6. The minimum atomic E-state index is -0.763. The Morgan fingerprint density at radius 1 is 0.339 bits per heavy atom. The highest BCUT2D eigenvalue weighted by atomic mass is 16.6. The van der Waals surface area contributed by atoms with Gasteiger partial charge in [-0.05, 0) is 37.0 Å². The first-order valence-corrected chi connectivity index (χ1v) is 26.1. The Bertz CT molecular complexity index is 916. The molecule has 1 unspecified atom stereocenters. The van der Waals surface area contributed by atoms with Gasteiger partial charge in [0.15, 0.2) is 6.10 Å². The van der Waals surface area contributed by atoms with Crippen LogP contribution in [0, 0.1) is 17.8 Å². The van der Waals surface area contributed by atoms with Crippen LogP contribution in [0.2, 0.25) is 0 Å². The summed E-state index contributed by atoms with van der Waals surface area (Å²) in [6, 6.07) is 0. The molecule has 0 rings (SSSR count). The summed E-state index contributed by atoms with van der Waals surface area (Å²) in [4.78, 5) is 38.0. The summed E-state index contributed by atoms with van der Waals surface area (Å²) >= 11 is 0. The normalized spacial score (nSPS) is 12.6. The van der Waals surface area contributed by atoms with Crippen molar-refractivity contribution in [3.63, 3.8) is 0 Å². The van der Waals surface area contributed by atoms with Crippen molar-refractivity contribution in [2.45, 2.75) is 292 Å². The zero-order chi connectivity index (χ0) is 43.4. The van der Waals surface area contributed by atoms with Crippen molar-refractivity contribution in [2.75, 3.05) is 13.2 Å². The fourth-order valence-corrected chi connectivity index (χ4v) is 7.91. The van der Waals surface area contributed by atoms with Gasteiger partial charge >= 0.3 is 17.9 Å². The van der Waals surface area contributed by atoms with Crippen LogP contribution in [0.4, 0.5) is 0 Å². The highest BCUT2D eigenvalue weighted by Crippen LogP contribution is 2.18. The Morgan fingerprint density at radius 3 is 0.881 bits per heavy atom. The van der Waals surface area contributed by atoms with Gasteiger partial charge in [-0.25, -0.2) is 0 Å². The summed E-state index contributed by atoms with van der Waals surface area (Å²) in [5, 5.41) is 0. The van der Waals surface area contributed by atoms with E-state index in [1.807, 2.05) is 0 Å². The topological polar surface area (TPSA) is 78.9 Å². The Labute approximate surface area is 368 Å². The Hall–Kier alpha value is -1.59. The molecule has 0 aromatic carbocycles. The summed E-state index contributed by atoms with van der Waals surface area (Å²) in [5.41, 5.74) is 0. The molecular weight excluding hydrogens is 733 g/mol. The predicted molar refractivity (Wildman–Crippen MR) is 252 cm³/mol. The van der Waals surface area contributed by atoms with E-state index in [-0.39, 0.29) is 31.1 Å². The second kappa shape index (κ2) is 44.5. The molecule has 0 fully saturated rings. The van der Waals surface area contributed by atoms with Gasteiger partial charge in [-0.3, -0.25) is 14.4 Å². The standard InChI is InChI=1S/C53H102O6/c1-7-49(6)41-35-29-23-19-20-25-31-37-43-52(55)58-46-50(59-53(56)44-38-32-26-18-14-10-12-16-22-28-34-40-48(4)5)45-57-51(54)42-36-30-24-17-13-9-8-11-15-21-27-33-39-47(2)3/h47-50H,7-46H2,1-6H3/t49?,50-/m0/s1. The van der Waals surface area contributed by atoms with Crippen molar-refractivity contribution in [1.82, 2.24) is 0 Å². The summed E-state index contributed by atoms with van der Waals surface area (Å²) in [5.74, 6) is 1.65. The van der Waals surface area contributed by atoms with Crippen molar-refractivity contribution >= 4 is 17.9 Å². The maximum atomic E-state index is 12.8. The molecule has 0 heterocycles. The third kappa shape index (κ3) is 45.8. The number of carbonyl (C=O) groups is 3. The van der Waals surface area contributed by atoms with Gasteiger partial charge in [0, 0.05) is 19.3 Å². The number of carbonyl (C=O) groups excluding carboxylic acids is 3. The van der Waals surface area contributed by atoms with E-state index in [2.05, 4.69) is 41.5 Å². The van der Waals surface area contributed by atoms with E-state index >= 15 is 0 Å². The number of ether oxygens (including phenoxy) is 3. The molecule has 0 aromatic heterocycles. The monoisotopic (exact) mass is 835 g/mol. The van der Waals surface area contributed by atoms with Gasteiger partial charge in [0.05, 0.1) is 0 Å². The van der Waals surface area contributed by atoms with E-state index < -0.39 is 6.10 Å². The molecule has 0 saturated carbocycles. The predicted octanol–water partition coefficient (Wildman–Crippen LogP) is 16.8. The number of esters is 3. The van der Waals surface area contributed by atoms with E-state index in [0.717, 1.165) is 75.5 Å². The third-order valence-corrected chi connectivity index (χ3v) is 12.3. The first kappa shape index (κ1) is 57.4. The smallest absolute Gasteiger partial charge is 0.306 e. The van der Waals surface area contributed by atoms with Crippen LogP contribution in [0.3, 0.4) is 0 Å². The second-order valence-corrected chi connectivity index (χ2v) is 19.4. The lowest BCUT2D eigenvalue weighted by Gasteiger charge is -2.18. The van der Waals surface area contributed by atoms with E-state index in [9.17, 15) is 14.4 Å². The van der Waals surface area contributed by atoms with Crippen LogP contribution in [0.5, 0.6) is 0 Å². The molecule has 0 aliphatic rings. The maximum Gasteiger partial charge on any atom is 0.306 e. The Balaban J connectivity index is 4.33. The summed E-state index contributed by atoms with van der Waals surface area (Å²) < 4.78 is 16.8. The molecule has 350 valence electrons. The van der Waals surface area contributed by atoms with Crippen LogP contribution in [0.15, 0.2) is 0 Å². The lowest BCUT2D eigenvalue weighted by molar-refractivity contribution is -0.167. The zero-order valence-electron chi connectivity index (χ0n) is 40.5. The summed E-state index contributed by atoms with van der Waals surface area (Å²) in [7, 11) is 0. The van der Waals surface area contributed by atoms with E-state index in [1.54, 1.807) is 0 Å². The minimum Gasteiger partial charge on any atom is -0.462 e. The number of hydrogen-bond acceptors (Lipinski definition) is 6. The van der Waals surface area contributed by atoms with Gasteiger partial charge in [0.25, 0.3) is 0 Å². The van der Waals surface area contributed by atoms with Crippen molar-refractivity contribution in [3.8, 4) is 0 Å². The molecule has 6 heteroatoms. The molecule has 0 bridgehead atoms. The van der Waals surface area contributed by atoms with Crippen LogP contribution >= 0.6 is 0 Å². The van der Waals surface area contributed by atoms with E-state index in [1.165, 1.54) is 167 Å². The highest BCUT2D eigenvalue weighted by Gasteiger charge is 2.19. The van der Waals surface area contributed by atoms with Crippen LogP contribution in [-0.2, 0) is 28.6 Å². The summed E-state index contributed by atoms with van der Waals surface area (Å²) in [6.07, 6.45) is 43.7. The lowest BCUT2D eigenvalue weighted by Crippen LogP contribution is -2.30. The Kier molecular flexibility index (Phi) is 43.3. The molecule has 6 nitrogen and oxygen atoms in total. The van der Waals surface area contributed by atoms with Gasteiger partial charge in [-0.15, -0.1) is 0 Å². The summed E-state index contributed by atoms with van der Waals surface area (Å²) in [6.45, 7) is 13.7. The first-order valence-electron chi connectivity index (χ1n) is 26.1. The molecule has 0 aliphatic heterocycles. The quantitative estimate of drug-likeness (QED) is 0.0345.